The van der Waals surface area contributed by atoms with E-state index < -0.39 is 0 Å². The van der Waals surface area contributed by atoms with E-state index in [1.807, 2.05) is 38.1 Å². The number of likely N-dealkylation sites (tertiary alicyclic amines) is 1. The molecule has 1 heterocycles. The Bertz CT molecular complexity index is 496. The molecular weight excluding hydrogens is 250 g/mol. The number of hydrogen-bond donors (Lipinski definition) is 1. The Balaban J connectivity index is 1.69. The van der Waals surface area contributed by atoms with E-state index in [2.05, 4.69) is 4.90 Å². The van der Waals surface area contributed by atoms with E-state index in [1.54, 1.807) is 0 Å². The van der Waals surface area contributed by atoms with Gasteiger partial charge in [-0.1, -0.05) is 29.8 Å². The molecule has 1 saturated carbocycles. The van der Waals surface area contributed by atoms with E-state index in [1.165, 1.54) is 5.56 Å². The van der Waals surface area contributed by atoms with Gasteiger partial charge in [-0.3, -0.25) is 9.69 Å². The van der Waals surface area contributed by atoms with Crippen molar-refractivity contribution in [3.63, 3.8) is 0 Å². The number of Topliss-reactive ketones (excluding diaryl/α,β-unsaturated/α-hetero) is 1. The van der Waals surface area contributed by atoms with Crippen molar-refractivity contribution < 1.29 is 9.90 Å². The van der Waals surface area contributed by atoms with E-state index in [9.17, 15) is 9.90 Å². The van der Waals surface area contributed by atoms with Crippen molar-refractivity contribution in [1.29, 1.82) is 0 Å². The summed E-state index contributed by atoms with van der Waals surface area (Å²) in [4.78, 5) is 14.8. The minimum atomic E-state index is -0.160. The number of hydrogen-bond acceptors (Lipinski definition) is 3. The highest BCUT2D eigenvalue weighted by Gasteiger charge is 2.43. The zero-order chi connectivity index (χ0) is 14.3. The highest BCUT2D eigenvalue weighted by molar-refractivity contribution is 5.99. The Kier molecular flexibility index (Phi) is 3.65. The first-order valence-electron chi connectivity index (χ1n) is 7.59. The van der Waals surface area contributed by atoms with Crippen LogP contribution in [0.25, 0.3) is 0 Å². The van der Waals surface area contributed by atoms with Gasteiger partial charge in [-0.2, -0.15) is 0 Å². The van der Waals surface area contributed by atoms with Gasteiger partial charge in [0, 0.05) is 24.6 Å². The van der Waals surface area contributed by atoms with Gasteiger partial charge in [-0.15, -0.1) is 0 Å². The fraction of sp³-hybridized carbons (Fsp3) is 0.588. The molecule has 0 aromatic heterocycles. The number of benzene rings is 1. The van der Waals surface area contributed by atoms with Crippen LogP contribution in [0, 0.1) is 18.8 Å². The minimum Gasteiger partial charge on any atom is -0.393 e. The number of carbonyl (C=O) groups excluding carboxylic acids is 1. The summed E-state index contributed by atoms with van der Waals surface area (Å²) in [6.45, 7) is 5.85. The van der Waals surface area contributed by atoms with E-state index >= 15 is 0 Å². The van der Waals surface area contributed by atoms with E-state index in [4.69, 9.17) is 0 Å². The summed E-state index contributed by atoms with van der Waals surface area (Å²) >= 11 is 0. The highest BCUT2D eigenvalue weighted by Crippen LogP contribution is 2.39. The lowest BCUT2D eigenvalue weighted by Crippen LogP contribution is -2.38. The maximum Gasteiger partial charge on any atom is 0.179 e. The molecule has 0 amide bonds. The standard InChI is InChI=1S/C17H23NO2/c1-11-3-5-13(6-4-11)17(20)12(2)18-9-14-7-8-16(19)15(14)10-18/h3-6,12,14-16,19H,7-10H2,1-2H3. The average Bonchev–Trinajstić information content (AvgIpc) is 3.01. The van der Waals surface area contributed by atoms with Crippen molar-refractivity contribution in [3.05, 3.63) is 35.4 Å². The molecule has 20 heavy (non-hydrogen) atoms. The Labute approximate surface area is 120 Å². The number of nitrogens with zero attached hydrogens (tertiary/aromatic N) is 1. The Morgan fingerprint density at radius 2 is 1.95 bits per heavy atom. The second-order valence-electron chi connectivity index (χ2n) is 6.43. The van der Waals surface area contributed by atoms with Crippen molar-refractivity contribution in [3.8, 4) is 0 Å². The number of rotatable bonds is 3. The first kappa shape index (κ1) is 13.8. The fourth-order valence-corrected chi connectivity index (χ4v) is 3.71. The molecule has 1 aromatic rings. The van der Waals surface area contributed by atoms with Crippen LogP contribution < -0.4 is 0 Å². The SMILES string of the molecule is Cc1ccc(C(=O)C(C)N2CC3CCC(O)C3C2)cc1. The van der Waals surface area contributed by atoms with Gasteiger partial charge in [-0.05, 0) is 32.6 Å². The molecule has 1 saturated heterocycles. The van der Waals surface area contributed by atoms with Gasteiger partial charge < -0.3 is 5.11 Å². The molecule has 3 heteroatoms. The summed E-state index contributed by atoms with van der Waals surface area (Å²) < 4.78 is 0. The molecule has 4 unspecified atom stereocenters. The maximum absolute atomic E-state index is 12.5. The number of aryl methyl sites for hydroxylation is 1. The van der Waals surface area contributed by atoms with Gasteiger partial charge in [0.1, 0.15) is 0 Å². The summed E-state index contributed by atoms with van der Waals surface area (Å²) in [6, 6.07) is 7.72. The molecule has 1 N–H and O–H groups in total. The van der Waals surface area contributed by atoms with Crippen LogP contribution in [0.4, 0.5) is 0 Å². The van der Waals surface area contributed by atoms with Crippen molar-refractivity contribution in [2.75, 3.05) is 13.1 Å². The second kappa shape index (κ2) is 5.30. The molecule has 3 rings (SSSR count). The lowest BCUT2D eigenvalue weighted by Gasteiger charge is -2.24. The monoisotopic (exact) mass is 273 g/mol. The van der Waals surface area contributed by atoms with Crippen LogP contribution in [-0.4, -0.2) is 41.0 Å². The van der Waals surface area contributed by atoms with Gasteiger partial charge in [0.15, 0.2) is 5.78 Å². The minimum absolute atomic E-state index is 0.0875. The van der Waals surface area contributed by atoms with Gasteiger partial charge in [0.25, 0.3) is 0 Å². The lowest BCUT2D eigenvalue weighted by molar-refractivity contribution is 0.0826. The fourth-order valence-electron chi connectivity index (χ4n) is 3.71. The van der Waals surface area contributed by atoms with Crippen molar-refractivity contribution in [1.82, 2.24) is 4.90 Å². The van der Waals surface area contributed by atoms with Crippen LogP contribution in [0.1, 0.15) is 35.7 Å². The molecule has 108 valence electrons. The van der Waals surface area contributed by atoms with Gasteiger partial charge in [0.2, 0.25) is 0 Å². The Hall–Kier alpha value is -1.19. The van der Waals surface area contributed by atoms with Crippen LogP contribution in [0.15, 0.2) is 24.3 Å². The summed E-state index contributed by atoms with van der Waals surface area (Å²) in [7, 11) is 0. The largest absolute Gasteiger partial charge is 0.393 e. The molecule has 1 aromatic carbocycles. The molecule has 2 aliphatic rings. The number of aliphatic hydroxyl groups excluding tert-OH is 1. The molecule has 1 aliphatic heterocycles. The topological polar surface area (TPSA) is 40.5 Å². The molecule has 0 spiro atoms. The first-order valence-corrected chi connectivity index (χ1v) is 7.59. The van der Waals surface area contributed by atoms with E-state index in [0.717, 1.165) is 31.5 Å². The van der Waals surface area contributed by atoms with Crippen LogP contribution in [0.5, 0.6) is 0 Å². The normalized spacial score (nSPS) is 31.2. The quantitative estimate of drug-likeness (QED) is 0.859. The van der Waals surface area contributed by atoms with Gasteiger partial charge >= 0.3 is 0 Å². The molecule has 2 fully saturated rings. The summed E-state index contributed by atoms with van der Waals surface area (Å²) in [5, 5.41) is 9.97. The number of fused-ring (bicyclic) bond motifs is 1. The highest BCUT2D eigenvalue weighted by atomic mass is 16.3. The summed E-state index contributed by atoms with van der Waals surface area (Å²) in [5.41, 5.74) is 1.97. The third-order valence-electron chi connectivity index (χ3n) is 5.11. The summed E-state index contributed by atoms with van der Waals surface area (Å²) in [6.07, 6.45) is 1.88. The van der Waals surface area contributed by atoms with Crippen molar-refractivity contribution in [2.24, 2.45) is 11.8 Å². The third kappa shape index (κ3) is 2.40. The zero-order valence-electron chi connectivity index (χ0n) is 12.2. The lowest BCUT2D eigenvalue weighted by atomic mass is 10.00. The van der Waals surface area contributed by atoms with Crippen LogP contribution in [-0.2, 0) is 0 Å². The Morgan fingerprint density at radius 1 is 1.25 bits per heavy atom. The molecule has 0 radical (unpaired) electrons. The molecule has 3 nitrogen and oxygen atoms in total. The average molecular weight is 273 g/mol. The van der Waals surface area contributed by atoms with Gasteiger partial charge in [0.05, 0.1) is 12.1 Å². The van der Waals surface area contributed by atoms with E-state index in [0.29, 0.717) is 11.8 Å². The molecule has 0 bridgehead atoms. The Morgan fingerprint density at radius 3 is 2.60 bits per heavy atom. The van der Waals surface area contributed by atoms with Crippen LogP contribution >= 0.6 is 0 Å². The first-order chi connectivity index (χ1) is 9.56. The van der Waals surface area contributed by atoms with Crippen molar-refractivity contribution in [2.45, 2.75) is 38.8 Å². The summed E-state index contributed by atoms with van der Waals surface area (Å²) in [5.74, 6) is 1.15. The predicted octanol–water partition coefficient (Wildman–Crippen LogP) is 2.27. The molecule has 1 aliphatic carbocycles. The number of ketones is 1. The molecular formula is C17H23NO2. The van der Waals surface area contributed by atoms with Crippen LogP contribution in [0.2, 0.25) is 0 Å². The van der Waals surface area contributed by atoms with Crippen LogP contribution in [0.3, 0.4) is 0 Å². The van der Waals surface area contributed by atoms with E-state index in [-0.39, 0.29) is 17.9 Å². The predicted molar refractivity (Wildman–Crippen MR) is 78.8 cm³/mol. The smallest absolute Gasteiger partial charge is 0.179 e. The third-order valence-corrected chi connectivity index (χ3v) is 5.11. The van der Waals surface area contributed by atoms with Gasteiger partial charge in [-0.25, -0.2) is 0 Å². The van der Waals surface area contributed by atoms with Crippen molar-refractivity contribution >= 4 is 5.78 Å². The zero-order valence-corrected chi connectivity index (χ0v) is 12.2. The number of carbonyl (C=O) groups is 1. The number of aliphatic hydroxyl groups is 1. The maximum atomic E-state index is 12.5. The second-order valence-corrected chi connectivity index (χ2v) is 6.43. The molecule has 4 atom stereocenters.